The minimum atomic E-state index is 1.25. The van der Waals surface area contributed by atoms with Gasteiger partial charge in [-0.25, -0.2) is 0 Å². The summed E-state index contributed by atoms with van der Waals surface area (Å²) < 4.78 is 1.27. The number of nitrogens with zero attached hydrogens (tertiary/aromatic N) is 1. The summed E-state index contributed by atoms with van der Waals surface area (Å²) >= 11 is 2.33. The molecule has 1 aromatic heterocycles. The molecule has 1 aromatic carbocycles. The Kier molecular flexibility index (Phi) is 2.00. The molecule has 12 heavy (non-hydrogen) atoms. The summed E-state index contributed by atoms with van der Waals surface area (Å²) in [7, 11) is 0. The first-order valence-corrected chi connectivity index (χ1v) is 4.86. The monoisotopic (exact) mass is 269 g/mol. The van der Waals surface area contributed by atoms with E-state index in [2.05, 4.69) is 52.7 Å². The second-order valence-corrected chi connectivity index (χ2v) is 3.95. The van der Waals surface area contributed by atoms with Gasteiger partial charge in [-0.05, 0) is 52.6 Å². The molecule has 0 fully saturated rings. The van der Waals surface area contributed by atoms with E-state index in [1.165, 1.54) is 19.9 Å². The number of aromatic nitrogens is 1. The SMILES string of the molecule is Cc1ccc(I)c2cnccc12. The molecule has 0 atom stereocenters. The topological polar surface area (TPSA) is 12.9 Å². The summed E-state index contributed by atoms with van der Waals surface area (Å²) in [5.74, 6) is 0. The molecular weight excluding hydrogens is 261 g/mol. The summed E-state index contributed by atoms with van der Waals surface area (Å²) in [6.45, 7) is 2.12. The largest absolute Gasteiger partial charge is 0.264 e. The van der Waals surface area contributed by atoms with E-state index in [1.54, 1.807) is 0 Å². The van der Waals surface area contributed by atoms with Crippen molar-refractivity contribution in [1.29, 1.82) is 0 Å². The lowest BCUT2D eigenvalue weighted by Gasteiger charge is -2.02. The van der Waals surface area contributed by atoms with Crippen LogP contribution in [0.15, 0.2) is 30.6 Å². The predicted octanol–water partition coefficient (Wildman–Crippen LogP) is 3.15. The zero-order chi connectivity index (χ0) is 8.55. The molecule has 1 heterocycles. The number of aryl methyl sites for hydroxylation is 1. The highest BCUT2D eigenvalue weighted by Crippen LogP contribution is 2.22. The quantitative estimate of drug-likeness (QED) is 0.669. The van der Waals surface area contributed by atoms with Crippen LogP contribution in [-0.2, 0) is 0 Å². The normalized spacial score (nSPS) is 10.5. The molecule has 0 N–H and O–H groups in total. The molecule has 0 spiro atoms. The van der Waals surface area contributed by atoms with Crippen LogP contribution in [0.1, 0.15) is 5.56 Å². The number of halogens is 1. The van der Waals surface area contributed by atoms with Gasteiger partial charge in [0.1, 0.15) is 0 Å². The maximum absolute atomic E-state index is 4.11. The van der Waals surface area contributed by atoms with E-state index in [9.17, 15) is 0 Å². The van der Waals surface area contributed by atoms with Gasteiger partial charge < -0.3 is 0 Å². The van der Waals surface area contributed by atoms with E-state index < -0.39 is 0 Å². The van der Waals surface area contributed by atoms with Crippen LogP contribution < -0.4 is 0 Å². The molecule has 60 valence electrons. The Morgan fingerprint density at radius 2 is 2.00 bits per heavy atom. The lowest BCUT2D eigenvalue weighted by molar-refractivity contribution is 1.35. The third-order valence-corrected chi connectivity index (χ3v) is 2.92. The van der Waals surface area contributed by atoms with Crippen LogP contribution in [-0.4, -0.2) is 4.98 Å². The first-order chi connectivity index (χ1) is 5.79. The van der Waals surface area contributed by atoms with Crippen molar-refractivity contribution in [3.8, 4) is 0 Å². The Morgan fingerprint density at radius 3 is 2.75 bits per heavy atom. The minimum absolute atomic E-state index is 1.25. The third-order valence-electron chi connectivity index (χ3n) is 1.98. The fraction of sp³-hybridized carbons (Fsp3) is 0.100. The highest BCUT2D eigenvalue weighted by atomic mass is 127. The van der Waals surface area contributed by atoms with Gasteiger partial charge in [-0.1, -0.05) is 6.07 Å². The molecule has 2 heteroatoms. The molecule has 0 aliphatic rings. The number of fused-ring (bicyclic) bond motifs is 1. The maximum atomic E-state index is 4.11. The Balaban J connectivity index is 2.95. The molecule has 0 saturated carbocycles. The van der Waals surface area contributed by atoms with Crippen molar-refractivity contribution in [3.05, 3.63) is 39.7 Å². The van der Waals surface area contributed by atoms with Crippen molar-refractivity contribution in [3.63, 3.8) is 0 Å². The van der Waals surface area contributed by atoms with E-state index in [0.29, 0.717) is 0 Å². The maximum Gasteiger partial charge on any atom is 0.0357 e. The van der Waals surface area contributed by atoms with E-state index >= 15 is 0 Å². The van der Waals surface area contributed by atoms with Gasteiger partial charge in [0.05, 0.1) is 0 Å². The van der Waals surface area contributed by atoms with E-state index in [0.717, 1.165) is 0 Å². The molecule has 0 saturated heterocycles. The van der Waals surface area contributed by atoms with Gasteiger partial charge in [0.25, 0.3) is 0 Å². The zero-order valence-electron chi connectivity index (χ0n) is 6.71. The average Bonchev–Trinajstić information content (AvgIpc) is 2.12. The average molecular weight is 269 g/mol. The fourth-order valence-electron chi connectivity index (χ4n) is 1.31. The summed E-state index contributed by atoms with van der Waals surface area (Å²) in [6.07, 6.45) is 3.76. The number of hydrogen-bond acceptors (Lipinski definition) is 1. The summed E-state index contributed by atoms with van der Waals surface area (Å²) in [6, 6.07) is 6.33. The van der Waals surface area contributed by atoms with Crippen molar-refractivity contribution in [2.75, 3.05) is 0 Å². The van der Waals surface area contributed by atoms with Gasteiger partial charge in [-0.15, -0.1) is 0 Å². The van der Waals surface area contributed by atoms with Crippen molar-refractivity contribution < 1.29 is 0 Å². The first kappa shape index (κ1) is 7.98. The van der Waals surface area contributed by atoms with Gasteiger partial charge >= 0.3 is 0 Å². The molecular formula is C10H8IN. The van der Waals surface area contributed by atoms with Crippen molar-refractivity contribution in [2.24, 2.45) is 0 Å². The smallest absolute Gasteiger partial charge is 0.0357 e. The first-order valence-electron chi connectivity index (χ1n) is 3.78. The summed E-state index contributed by atoms with van der Waals surface area (Å²) in [5.41, 5.74) is 1.31. The van der Waals surface area contributed by atoms with Gasteiger partial charge in [-0.2, -0.15) is 0 Å². The fourth-order valence-corrected chi connectivity index (χ4v) is 1.92. The minimum Gasteiger partial charge on any atom is -0.264 e. The van der Waals surface area contributed by atoms with Crippen molar-refractivity contribution in [1.82, 2.24) is 4.98 Å². The van der Waals surface area contributed by atoms with Gasteiger partial charge in [0.2, 0.25) is 0 Å². The van der Waals surface area contributed by atoms with E-state index in [1.807, 2.05) is 12.4 Å². The molecule has 0 bridgehead atoms. The summed E-state index contributed by atoms with van der Waals surface area (Å²) in [5, 5.41) is 2.55. The molecule has 1 nitrogen and oxygen atoms in total. The van der Waals surface area contributed by atoms with Gasteiger partial charge in [-0.3, -0.25) is 4.98 Å². The number of benzene rings is 1. The van der Waals surface area contributed by atoms with Crippen molar-refractivity contribution >= 4 is 33.4 Å². The Hall–Kier alpha value is -0.640. The highest BCUT2D eigenvalue weighted by molar-refractivity contribution is 14.1. The van der Waals surface area contributed by atoms with Crippen LogP contribution in [0.25, 0.3) is 10.8 Å². The molecule has 0 radical (unpaired) electrons. The lowest BCUT2D eigenvalue weighted by Crippen LogP contribution is -1.82. The van der Waals surface area contributed by atoms with Crippen LogP contribution >= 0.6 is 22.6 Å². The van der Waals surface area contributed by atoms with Gasteiger partial charge in [0, 0.05) is 21.4 Å². The van der Waals surface area contributed by atoms with Crippen LogP contribution in [0.2, 0.25) is 0 Å². The van der Waals surface area contributed by atoms with Crippen LogP contribution in [0, 0.1) is 10.5 Å². The van der Waals surface area contributed by atoms with Crippen LogP contribution in [0.3, 0.4) is 0 Å². The highest BCUT2D eigenvalue weighted by Gasteiger charge is 1.99. The van der Waals surface area contributed by atoms with E-state index in [4.69, 9.17) is 0 Å². The number of pyridine rings is 1. The Labute approximate surface area is 85.0 Å². The van der Waals surface area contributed by atoms with Crippen molar-refractivity contribution in [2.45, 2.75) is 6.92 Å². The number of rotatable bonds is 0. The second-order valence-electron chi connectivity index (χ2n) is 2.79. The van der Waals surface area contributed by atoms with Crippen LogP contribution in [0.5, 0.6) is 0 Å². The van der Waals surface area contributed by atoms with Gasteiger partial charge in [0.15, 0.2) is 0 Å². The molecule has 0 aliphatic heterocycles. The Bertz CT molecular complexity index is 383. The molecule has 0 unspecified atom stereocenters. The molecule has 0 aliphatic carbocycles. The van der Waals surface area contributed by atoms with E-state index in [-0.39, 0.29) is 0 Å². The lowest BCUT2D eigenvalue weighted by atomic mass is 10.1. The molecule has 2 aromatic rings. The number of hydrogen-bond donors (Lipinski definition) is 0. The second kappa shape index (κ2) is 3.01. The molecule has 0 amide bonds. The van der Waals surface area contributed by atoms with Crippen LogP contribution in [0.4, 0.5) is 0 Å². The Morgan fingerprint density at radius 1 is 1.17 bits per heavy atom. The zero-order valence-corrected chi connectivity index (χ0v) is 8.87. The predicted molar refractivity (Wildman–Crippen MR) is 59.2 cm³/mol. The summed E-state index contributed by atoms with van der Waals surface area (Å²) in [4.78, 5) is 4.11. The molecule has 2 rings (SSSR count). The standard InChI is InChI=1S/C10H8IN/c1-7-2-3-10(11)9-6-12-5-4-8(7)9/h2-6H,1H3. The third kappa shape index (κ3) is 1.20.